The number of hydrogen-bond donors (Lipinski definition) is 0. The van der Waals surface area contributed by atoms with Crippen LogP contribution in [0.3, 0.4) is 0 Å². The lowest BCUT2D eigenvalue weighted by Gasteiger charge is -2.31. The normalized spacial score (nSPS) is 28.2. The fourth-order valence-electron chi connectivity index (χ4n) is 5.35. The van der Waals surface area contributed by atoms with Crippen molar-refractivity contribution in [3.63, 3.8) is 0 Å². The lowest BCUT2D eigenvalue weighted by molar-refractivity contribution is -0.142. The van der Waals surface area contributed by atoms with Crippen molar-refractivity contribution in [1.82, 2.24) is 0 Å². The molecule has 0 bridgehead atoms. The Balaban J connectivity index is 1.45. The maximum atomic E-state index is 13.9. The van der Waals surface area contributed by atoms with Crippen LogP contribution < -0.4 is 0 Å². The molecule has 1 aromatic rings. The molecule has 0 N–H and O–H groups in total. The average Bonchev–Trinajstić information content (AvgIpc) is 2.70. The van der Waals surface area contributed by atoms with Crippen LogP contribution in [0.5, 0.6) is 0 Å². The van der Waals surface area contributed by atoms with Crippen LogP contribution in [0.1, 0.15) is 94.6 Å². The highest BCUT2D eigenvalue weighted by Gasteiger charge is 2.38. The minimum Gasteiger partial charge on any atom is -0.206 e. The van der Waals surface area contributed by atoms with Crippen LogP contribution >= 0.6 is 0 Å². The van der Waals surface area contributed by atoms with Crippen molar-refractivity contribution in [3.8, 4) is 0 Å². The molecule has 0 heterocycles. The predicted octanol–water partition coefficient (Wildman–Crippen LogP) is 8.81. The molecular formula is C25H33F5. The Hall–Kier alpha value is -1.39. The van der Waals surface area contributed by atoms with Gasteiger partial charge >= 0.3 is 6.18 Å². The Morgan fingerprint density at radius 2 is 1.33 bits per heavy atom. The number of halogens is 5. The highest BCUT2D eigenvalue weighted by atomic mass is 19.4. The lowest BCUT2D eigenvalue weighted by Crippen LogP contribution is -2.18. The molecule has 0 aliphatic heterocycles. The second kappa shape index (κ2) is 10.3. The molecular weight excluding hydrogens is 395 g/mol. The topological polar surface area (TPSA) is 0 Å². The second-order valence-corrected chi connectivity index (χ2v) is 9.27. The summed E-state index contributed by atoms with van der Waals surface area (Å²) in [5.74, 6) is -0.849. The van der Waals surface area contributed by atoms with Gasteiger partial charge in [0.2, 0.25) is 0 Å². The van der Waals surface area contributed by atoms with Gasteiger partial charge in [-0.2, -0.15) is 13.2 Å². The highest BCUT2D eigenvalue weighted by molar-refractivity contribution is 5.30. The monoisotopic (exact) mass is 428 g/mol. The van der Waals surface area contributed by atoms with Gasteiger partial charge < -0.3 is 0 Å². The first kappa shape index (κ1) is 23.3. The maximum absolute atomic E-state index is 13.9. The van der Waals surface area contributed by atoms with Crippen LogP contribution in [-0.2, 0) is 6.18 Å². The molecule has 3 rings (SSSR count). The fourth-order valence-corrected chi connectivity index (χ4v) is 5.35. The SMILES string of the molecule is CCC=CC1CCC(CCC2CCC(c3cc(F)c(C(F)(F)F)c(F)c3)CC2)CC1. The minimum atomic E-state index is -5.00. The Bertz CT molecular complexity index is 682. The minimum absolute atomic E-state index is 0.0478. The van der Waals surface area contributed by atoms with Crippen LogP contribution in [0.25, 0.3) is 0 Å². The Kier molecular flexibility index (Phi) is 7.98. The molecule has 168 valence electrons. The molecule has 0 unspecified atom stereocenters. The summed E-state index contributed by atoms with van der Waals surface area (Å²) in [6.45, 7) is 2.17. The molecule has 2 fully saturated rings. The average molecular weight is 429 g/mol. The van der Waals surface area contributed by atoms with E-state index in [0.29, 0.717) is 11.5 Å². The highest BCUT2D eigenvalue weighted by Crippen LogP contribution is 2.42. The first-order valence-corrected chi connectivity index (χ1v) is 11.5. The molecule has 0 amide bonds. The Labute approximate surface area is 176 Å². The van der Waals surface area contributed by atoms with E-state index in [0.717, 1.165) is 56.1 Å². The Morgan fingerprint density at radius 3 is 1.80 bits per heavy atom. The fraction of sp³-hybridized carbons (Fsp3) is 0.680. The van der Waals surface area contributed by atoms with E-state index in [4.69, 9.17) is 0 Å². The van der Waals surface area contributed by atoms with Crippen molar-refractivity contribution in [2.45, 2.75) is 89.6 Å². The van der Waals surface area contributed by atoms with Gasteiger partial charge in [0, 0.05) is 0 Å². The van der Waals surface area contributed by atoms with Crippen molar-refractivity contribution in [2.75, 3.05) is 0 Å². The molecule has 0 aromatic heterocycles. The van der Waals surface area contributed by atoms with Gasteiger partial charge in [0.15, 0.2) is 0 Å². The molecule has 5 heteroatoms. The van der Waals surface area contributed by atoms with Crippen molar-refractivity contribution < 1.29 is 22.0 Å². The van der Waals surface area contributed by atoms with Crippen LogP contribution in [0.4, 0.5) is 22.0 Å². The first-order chi connectivity index (χ1) is 14.3. The molecule has 2 aliphatic rings. The van der Waals surface area contributed by atoms with E-state index in [2.05, 4.69) is 19.1 Å². The lowest BCUT2D eigenvalue weighted by atomic mass is 9.74. The summed E-state index contributed by atoms with van der Waals surface area (Å²) >= 11 is 0. The van der Waals surface area contributed by atoms with Crippen molar-refractivity contribution in [3.05, 3.63) is 47.0 Å². The van der Waals surface area contributed by atoms with Gasteiger partial charge in [-0.15, -0.1) is 0 Å². The van der Waals surface area contributed by atoms with Crippen molar-refractivity contribution in [2.24, 2.45) is 17.8 Å². The van der Waals surface area contributed by atoms with Gasteiger partial charge in [0.1, 0.15) is 17.2 Å². The predicted molar refractivity (Wildman–Crippen MR) is 110 cm³/mol. The standard InChI is InChI=1S/C25H33F5/c1-2-3-4-17-5-7-18(8-6-17)9-10-19-11-13-20(14-12-19)21-15-22(26)24(23(27)16-21)25(28,29)30/h3-4,15-20H,2,5-14H2,1H3. The maximum Gasteiger partial charge on any atom is 0.422 e. The van der Waals surface area contributed by atoms with E-state index in [-0.39, 0.29) is 5.92 Å². The summed E-state index contributed by atoms with van der Waals surface area (Å²) in [5, 5.41) is 0. The summed E-state index contributed by atoms with van der Waals surface area (Å²) in [5.41, 5.74) is -1.41. The summed E-state index contributed by atoms with van der Waals surface area (Å²) < 4.78 is 66.1. The van der Waals surface area contributed by atoms with Gasteiger partial charge in [-0.05, 0) is 99.2 Å². The molecule has 0 spiro atoms. The molecule has 1 aromatic carbocycles. The molecule has 0 nitrogen and oxygen atoms in total. The molecule has 2 saturated carbocycles. The molecule has 0 saturated heterocycles. The van der Waals surface area contributed by atoms with Gasteiger partial charge in [-0.3, -0.25) is 0 Å². The Morgan fingerprint density at radius 1 is 0.833 bits per heavy atom. The van der Waals surface area contributed by atoms with Crippen molar-refractivity contribution >= 4 is 0 Å². The molecule has 0 atom stereocenters. The number of hydrogen-bond acceptors (Lipinski definition) is 0. The third-order valence-electron chi connectivity index (χ3n) is 7.18. The number of rotatable bonds is 6. The molecule has 0 radical (unpaired) electrons. The van der Waals surface area contributed by atoms with Crippen LogP contribution in [-0.4, -0.2) is 0 Å². The second-order valence-electron chi connectivity index (χ2n) is 9.27. The number of benzene rings is 1. The van der Waals surface area contributed by atoms with Crippen molar-refractivity contribution in [1.29, 1.82) is 0 Å². The van der Waals surface area contributed by atoms with Gasteiger partial charge in [0.05, 0.1) is 0 Å². The van der Waals surface area contributed by atoms with E-state index < -0.39 is 23.4 Å². The van der Waals surface area contributed by atoms with Gasteiger partial charge in [-0.1, -0.05) is 31.9 Å². The quantitative estimate of drug-likeness (QED) is 0.314. The van der Waals surface area contributed by atoms with Gasteiger partial charge in [-0.25, -0.2) is 8.78 Å². The third kappa shape index (κ3) is 6.07. The van der Waals surface area contributed by atoms with E-state index in [1.54, 1.807) is 0 Å². The molecule has 2 aliphatic carbocycles. The molecule has 30 heavy (non-hydrogen) atoms. The van der Waals surface area contributed by atoms with Gasteiger partial charge in [0.25, 0.3) is 0 Å². The largest absolute Gasteiger partial charge is 0.422 e. The number of alkyl halides is 3. The van der Waals surface area contributed by atoms with E-state index in [9.17, 15) is 22.0 Å². The zero-order valence-corrected chi connectivity index (χ0v) is 17.8. The summed E-state index contributed by atoms with van der Waals surface area (Å²) in [6.07, 6.45) is 12.0. The van der Waals surface area contributed by atoms with E-state index >= 15 is 0 Å². The summed E-state index contributed by atoms with van der Waals surface area (Å²) in [6, 6.07) is 1.78. The third-order valence-corrected chi connectivity index (χ3v) is 7.18. The summed E-state index contributed by atoms with van der Waals surface area (Å²) in [4.78, 5) is 0. The smallest absolute Gasteiger partial charge is 0.206 e. The zero-order valence-electron chi connectivity index (χ0n) is 17.8. The zero-order chi connectivity index (χ0) is 21.7. The van der Waals surface area contributed by atoms with E-state index in [1.165, 1.54) is 38.5 Å². The van der Waals surface area contributed by atoms with E-state index in [1.807, 2.05) is 0 Å². The first-order valence-electron chi connectivity index (χ1n) is 11.5. The van der Waals surface area contributed by atoms with Crippen LogP contribution in [0.15, 0.2) is 24.3 Å². The van der Waals surface area contributed by atoms with Crippen LogP contribution in [0.2, 0.25) is 0 Å². The number of allylic oxidation sites excluding steroid dienone is 2. The summed E-state index contributed by atoms with van der Waals surface area (Å²) in [7, 11) is 0. The van der Waals surface area contributed by atoms with Crippen LogP contribution in [0, 0.1) is 29.4 Å².